The van der Waals surface area contributed by atoms with Crippen LogP contribution in [-0.2, 0) is 27.4 Å². The lowest BCUT2D eigenvalue weighted by Crippen LogP contribution is -2.70. The van der Waals surface area contributed by atoms with Crippen molar-refractivity contribution in [1.29, 1.82) is 0 Å². The molecule has 0 radical (unpaired) electrons. The summed E-state index contributed by atoms with van der Waals surface area (Å²) in [5.41, 5.74) is 3.62. The second-order valence-electron chi connectivity index (χ2n) is 17.9. The number of fused-ring (bicyclic) bond motifs is 3. The smallest absolute Gasteiger partial charge is 0.412 e. The fourth-order valence-electron chi connectivity index (χ4n) is 9.85. The van der Waals surface area contributed by atoms with Crippen molar-refractivity contribution in [1.82, 2.24) is 10.2 Å². The SMILES string of the molecule is C=CCOC12Oc3ccc(OC(=O)NCc4ccccc4)cc3C3C(CCCCO)C(CCCCO)C=C(C(=NOC(C)(C)C)CC1N(Cc1cccc4ccccc14)C(=O)OC)C32. The lowest BCUT2D eigenvalue weighted by Gasteiger charge is -2.60. The molecule has 2 amide bonds. The topological polar surface area (TPSA) is 148 Å². The molecule has 1 heterocycles. The zero-order valence-corrected chi connectivity index (χ0v) is 37.5. The van der Waals surface area contributed by atoms with Gasteiger partial charge in [0.25, 0.3) is 0 Å². The lowest BCUT2D eigenvalue weighted by atomic mass is 9.55. The average molecular weight is 874 g/mol. The van der Waals surface area contributed by atoms with E-state index in [-0.39, 0.29) is 50.5 Å². The van der Waals surface area contributed by atoms with Crippen LogP contribution in [0.3, 0.4) is 0 Å². The molecule has 6 unspecified atom stereocenters. The number of benzene rings is 4. The molecule has 1 saturated carbocycles. The Hall–Kier alpha value is -5.69. The maximum absolute atomic E-state index is 14.5. The monoisotopic (exact) mass is 873 g/mol. The van der Waals surface area contributed by atoms with E-state index in [4.69, 9.17) is 28.9 Å². The number of oxime groups is 1. The molecule has 1 fully saturated rings. The predicted octanol–water partition coefficient (Wildman–Crippen LogP) is 9.83. The number of aliphatic hydroxyl groups excluding tert-OH is 2. The normalized spacial score (nSPS) is 22.9. The number of hydrogen-bond donors (Lipinski definition) is 3. The third-order valence-corrected chi connectivity index (χ3v) is 12.6. The fraction of sp³-hybridized carbons (Fsp3) is 0.442. The molecular weight excluding hydrogens is 811 g/mol. The van der Waals surface area contributed by atoms with Gasteiger partial charge < -0.3 is 39.3 Å². The van der Waals surface area contributed by atoms with Crippen LogP contribution < -0.4 is 14.8 Å². The van der Waals surface area contributed by atoms with E-state index in [1.165, 1.54) is 7.11 Å². The van der Waals surface area contributed by atoms with E-state index >= 15 is 0 Å². The molecular formula is C52H63N3O9. The van der Waals surface area contributed by atoms with Gasteiger partial charge in [0.15, 0.2) is 0 Å². The summed E-state index contributed by atoms with van der Waals surface area (Å²) >= 11 is 0. The number of unbranched alkanes of at least 4 members (excludes halogenated alkanes) is 2. The van der Waals surface area contributed by atoms with Crippen molar-refractivity contribution in [2.24, 2.45) is 22.9 Å². The Morgan fingerprint density at radius 3 is 2.42 bits per heavy atom. The summed E-state index contributed by atoms with van der Waals surface area (Å²) in [6.07, 6.45) is 7.40. The average Bonchev–Trinajstić information content (AvgIpc) is 3.30. The molecule has 12 nitrogen and oxygen atoms in total. The maximum Gasteiger partial charge on any atom is 0.412 e. The van der Waals surface area contributed by atoms with Crippen LogP contribution in [0.2, 0.25) is 0 Å². The van der Waals surface area contributed by atoms with Gasteiger partial charge in [-0.3, -0.25) is 4.90 Å². The highest BCUT2D eigenvalue weighted by atomic mass is 16.7. The van der Waals surface area contributed by atoms with Gasteiger partial charge in [0.2, 0.25) is 5.79 Å². The van der Waals surface area contributed by atoms with Gasteiger partial charge in [-0.2, -0.15) is 0 Å². The van der Waals surface area contributed by atoms with Crippen LogP contribution in [-0.4, -0.2) is 77.4 Å². The molecule has 0 spiro atoms. The van der Waals surface area contributed by atoms with Gasteiger partial charge in [-0.1, -0.05) is 103 Å². The number of nitrogens with one attached hydrogen (secondary N) is 1. The second kappa shape index (κ2) is 20.9. The molecule has 4 aromatic rings. The molecule has 1 aliphatic heterocycles. The number of ether oxygens (including phenoxy) is 4. The van der Waals surface area contributed by atoms with E-state index in [2.05, 4.69) is 36.2 Å². The third kappa shape index (κ3) is 10.3. The summed E-state index contributed by atoms with van der Waals surface area (Å²) in [5.74, 6) is -1.50. The van der Waals surface area contributed by atoms with E-state index in [1.807, 2.05) is 87.5 Å². The van der Waals surface area contributed by atoms with E-state index in [9.17, 15) is 19.8 Å². The van der Waals surface area contributed by atoms with E-state index in [1.54, 1.807) is 17.0 Å². The number of rotatable bonds is 18. The first-order chi connectivity index (χ1) is 31.0. The Morgan fingerprint density at radius 1 is 0.953 bits per heavy atom. The number of carbonyl (C=O) groups is 2. The molecule has 12 heteroatoms. The maximum atomic E-state index is 14.5. The number of amides is 2. The van der Waals surface area contributed by atoms with Gasteiger partial charge in [-0.15, -0.1) is 6.58 Å². The first-order valence-corrected chi connectivity index (χ1v) is 22.6. The third-order valence-electron chi connectivity index (χ3n) is 12.6. The minimum absolute atomic E-state index is 0.0204. The van der Waals surface area contributed by atoms with Gasteiger partial charge in [-0.25, -0.2) is 9.59 Å². The first kappa shape index (κ1) is 46.3. The lowest BCUT2D eigenvalue weighted by molar-refractivity contribution is -0.256. The summed E-state index contributed by atoms with van der Waals surface area (Å²) < 4.78 is 26.1. The highest BCUT2D eigenvalue weighted by Crippen LogP contribution is 2.62. The van der Waals surface area contributed by atoms with Crippen LogP contribution in [0, 0.1) is 17.8 Å². The highest BCUT2D eigenvalue weighted by molar-refractivity contribution is 6.03. The zero-order valence-electron chi connectivity index (χ0n) is 37.5. The van der Waals surface area contributed by atoms with Gasteiger partial charge in [0.1, 0.15) is 23.1 Å². The molecule has 0 saturated heterocycles. The summed E-state index contributed by atoms with van der Waals surface area (Å²) in [7, 11) is 1.38. The van der Waals surface area contributed by atoms with Crippen molar-refractivity contribution in [2.45, 2.75) is 102 Å². The van der Waals surface area contributed by atoms with Crippen molar-refractivity contribution >= 4 is 28.7 Å². The van der Waals surface area contributed by atoms with Crippen LogP contribution in [0.4, 0.5) is 9.59 Å². The minimum Gasteiger partial charge on any atom is -0.459 e. The van der Waals surface area contributed by atoms with Gasteiger partial charge in [0, 0.05) is 37.7 Å². The molecule has 7 rings (SSSR count). The molecule has 3 aliphatic rings. The fourth-order valence-corrected chi connectivity index (χ4v) is 9.85. The van der Waals surface area contributed by atoms with Crippen LogP contribution >= 0.6 is 0 Å². The number of allylic oxidation sites excluding steroid dienone is 1. The van der Waals surface area contributed by atoms with Crippen molar-refractivity contribution in [3.8, 4) is 11.5 Å². The standard InChI is InChI=1S/C52H63N3O9/c1-6-29-61-52-46(55(50(59)60-5)34-38-22-16-21-36-19-10-11-23-40(36)38)32-44(54-64-51(2,3)4)42-30-37(20-12-14-27-56)41(24-13-15-28-57)47(48(42)52)43-31-39(25-26-45(43)63-52)62-49(58)53-33-35-17-8-7-9-18-35/h6-11,16-19,21-23,25-26,30-31,37,41,46-48,56-57H,1,12-15,20,24,27-29,32-34H2,2-5H3,(H,53,58). The Bertz CT molecular complexity index is 2300. The second-order valence-corrected chi connectivity index (χ2v) is 17.9. The first-order valence-electron chi connectivity index (χ1n) is 22.6. The quantitative estimate of drug-likeness (QED) is 0.0505. The molecule has 3 N–H and O–H groups in total. The molecule has 340 valence electrons. The van der Waals surface area contributed by atoms with Gasteiger partial charge >= 0.3 is 12.2 Å². The summed E-state index contributed by atoms with van der Waals surface area (Å²) in [6.45, 7) is 10.6. The van der Waals surface area contributed by atoms with Gasteiger partial charge in [0.05, 0.1) is 31.9 Å². The molecule has 0 aromatic heterocycles. The van der Waals surface area contributed by atoms with Crippen molar-refractivity contribution in [2.75, 3.05) is 26.9 Å². The summed E-state index contributed by atoms with van der Waals surface area (Å²) in [6, 6.07) is 28.4. The van der Waals surface area contributed by atoms with Crippen molar-refractivity contribution in [3.63, 3.8) is 0 Å². The number of hydrogen-bond acceptors (Lipinski definition) is 10. The van der Waals surface area contributed by atoms with Crippen LogP contribution in [0.5, 0.6) is 11.5 Å². The molecule has 0 bridgehead atoms. The summed E-state index contributed by atoms with van der Waals surface area (Å²) in [4.78, 5) is 35.8. The van der Waals surface area contributed by atoms with Crippen LogP contribution in [0.15, 0.2) is 120 Å². The minimum atomic E-state index is -1.50. The number of nitrogens with zero attached hydrogens (tertiary/aromatic N) is 2. The number of aliphatic hydroxyl groups is 2. The van der Waals surface area contributed by atoms with Crippen molar-refractivity contribution in [3.05, 3.63) is 132 Å². The van der Waals surface area contributed by atoms with E-state index in [0.717, 1.165) is 58.7 Å². The summed E-state index contributed by atoms with van der Waals surface area (Å²) in [5, 5.41) is 29.8. The Kier molecular flexibility index (Phi) is 15.1. The Morgan fingerprint density at radius 2 is 1.69 bits per heavy atom. The Balaban J connectivity index is 1.42. The zero-order chi connectivity index (χ0) is 45.3. The highest BCUT2D eigenvalue weighted by Gasteiger charge is 2.65. The van der Waals surface area contributed by atoms with Crippen LogP contribution in [0.25, 0.3) is 10.8 Å². The largest absolute Gasteiger partial charge is 0.459 e. The number of carbonyl (C=O) groups excluding carboxylic acids is 2. The molecule has 2 aliphatic carbocycles. The van der Waals surface area contributed by atoms with E-state index < -0.39 is 35.5 Å². The predicted molar refractivity (Wildman–Crippen MR) is 247 cm³/mol. The molecule has 64 heavy (non-hydrogen) atoms. The molecule has 6 atom stereocenters. The molecule has 4 aromatic carbocycles. The van der Waals surface area contributed by atoms with Gasteiger partial charge in [-0.05, 0) is 104 Å². The van der Waals surface area contributed by atoms with Crippen molar-refractivity contribution < 1.29 is 43.6 Å². The van der Waals surface area contributed by atoms with Crippen LogP contribution in [0.1, 0.15) is 88.3 Å². The Labute approximate surface area is 376 Å². The number of methoxy groups -OCH3 is 1. The van der Waals surface area contributed by atoms with E-state index in [0.29, 0.717) is 36.6 Å².